The zero-order valence-electron chi connectivity index (χ0n) is 7.63. The van der Waals surface area contributed by atoms with Crippen LogP contribution in [0.25, 0.3) is 0 Å². The minimum Gasteiger partial charge on any atom is -0.481 e. The van der Waals surface area contributed by atoms with Crippen LogP contribution in [0.5, 0.6) is 0 Å². The molecular weight excluding hydrogens is 281 g/mol. The van der Waals surface area contributed by atoms with Gasteiger partial charge in [0.05, 0.1) is 12.0 Å². The molecule has 0 saturated carbocycles. The van der Waals surface area contributed by atoms with Crippen molar-refractivity contribution in [2.24, 2.45) is 0 Å². The highest BCUT2D eigenvalue weighted by Crippen LogP contribution is 2.25. The fraction of sp³-hybridized carbons (Fsp3) is 0.200. The number of nitrogens with zero attached hydrogens (tertiary/aromatic N) is 1. The molecule has 1 aromatic rings. The van der Waals surface area contributed by atoms with Crippen LogP contribution in [-0.4, -0.2) is 11.1 Å². The Kier molecular flexibility index (Phi) is 4.13. The zero-order valence-corrected chi connectivity index (χ0v) is 9.97. The summed E-state index contributed by atoms with van der Waals surface area (Å²) in [5, 5.41) is 17.6. The summed E-state index contributed by atoms with van der Waals surface area (Å²) in [6, 6.07) is 5.39. The molecule has 1 N–H and O–H groups in total. The van der Waals surface area contributed by atoms with Gasteiger partial charge in [-0.2, -0.15) is 5.26 Å². The molecule has 1 rings (SSSR count). The maximum absolute atomic E-state index is 10.6. The summed E-state index contributed by atoms with van der Waals surface area (Å²) in [6.45, 7) is 0. The quantitative estimate of drug-likeness (QED) is 0.870. The van der Waals surface area contributed by atoms with Crippen molar-refractivity contribution in [3.63, 3.8) is 0 Å². The number of rotatable bonds is 3. The Morgan fingerprint density at radius 3 is 2.73 bits per heavy atom. The molecule has 0 aliphatic carbocycles. The van der Waals surface area contributed by atoms with Crippen molar-refractivity contribution in [3.8, 4) is 6.07 Å². The second-order valence-electron chi connectivity index (χ2n) is 2.88. The summed E-state index contributed by atoms with van der Waals surface area (Å²) < 4.78 is 0.593. The highest BCUT2D eigenvalue weighted by molar-refractivity contribution is 9.10. The van der Waals surface area contributed by atoms with Gasteiger partial charge in [-0.3, -0.25) is 4.79 Å². The van der Waals surface area contributed by atoms with Crippen LogP contribution in [-0.2, 0) is 17.1 Å². The van der Waals surface area contributed by atoms with E-state index in [4.69, 9.17) is 22.0 Å². The summed E-state index contributed by atoms with van der Waals surface area (Å²) in [5.41, 5.74) is 1.50. The molecule has 1 aromatic carbocycles. The number of alkyl halides is 1. The molecule has 0 aliphatic rings. The fourth-order valence-corrected chi connectivity index (χ4v) is 1.97. The van der Waals surface area contributed by atoms with Crippen molar-refractivity contribution >= 4 is 33.5 Å². The number of hydrogen-bond donors (Lipinski definition) is 1. The molecule has 0 amide bonds. The topological polar surface area (TPSA) is 61.1 Å². The van der Waals surface area contributed by atoms with Gasteiger partial charge in [0.25, 0.3) is 0 Å². The number of carbonyl (C=O) groups is 1. The molecule has 0 aliphatic heterocycles. The molecule has 0 saturated heterocycles. The summed E-state index contributed by atoms with van der Waals surface area (Å²) in [5.74, 6) is -0.777. The number of aliphatic carboxylic acids is 1. The van der Waals surface area contributed by atoms with Gasteiger partial charge in [0.2, 0.25) is 0 Å². The Morgan fingerprint density at radius 2 is 2.27 bits per heavy atom. The Hall–Kier alpha value is -1.05. The summed E-state index contributed by atoms with van der Waals surface area (Å²) in [7, 11) is 0. The lowest BCUT2D eigenvalue weighted by molar-refractivity contribution is -0.136. The number of carboxylic acids is 1. The third kappa shape index (κ3) is 2.71. The maximum atomic E-state index is 10.6. The number of nitriles is 1. The second-order valence-corrected chi connectivity index (χ2v) is 4.00. The molecular formula is C10H7BrClNO2. The SMILES string of the molecule is N#Cc1c(Br)ccc(CCl)c1CC(=O)O. The number of carboxylic acid groups (broad SMARTS) is 1. The predicted molar refractivity (Wildman–Crippen MR) is 59.8 cm³/mol. The van der Waals surface area contributed by atoms with E-state index in [2.05, 4.69) is 15.9 Å². The first-order valence-corrected chi connectivity index (χ1v) is 5.41. The average molecular weight is 289 g/mol. The van der Waals surface area contributed by atoms with Crippen LogP contribution >= 0.6 is 27.5 Å². The first-order valence-electron chi connectivity index (χ1n) is 4.08. The standard InChI is InChI=1S/C10H7BrClNO2/c11-9-2-1-6(4-12)7(3-10(14)15)8(9)5-13/h1-2H,3-4H2,(H,14,15). The molecule has 0 atom stereocenters. The molecule has 5 heteroatoms. The molecule has 0 fully saturated rings. The third-order valence-electron chi connectivity index (χ3n) is 1.94. The summed E-state index contributed by atoms with van der Waals surface area (Å²) in [6.07, 6.45) is -0.190. The van der Waals surface area contributed by atoms with E-state index in [9.17, 15) is 4.79 Å². The second kappa shape index (κ2) is 5.15. The van der Waals surface area contributed by atoms with Crippen LogP contribution in [0.4, 0.5) is 0 Å². The van der Waals surface area contributed by atoms with Gasteiger partial charge in [-0.15, -0.1) is 11.6 Å². The van der Waals surface area contributed by atoms with E-state index in [0.29, 0.717) is 21.2 Å². The van der Waals surface area contributed by atoms with Crippen LogP contribution in [0.1, 0.15) is 16.7 Å². The van der Waals surface area contributed by atoms with E-state index in [1.165, 1.54) is 0 Å². The summed E-state index contributed by atoms with van der Waals surface area (Å²) in [4.78, 5) is 10.6. The molecule has 0 unspecified atom stereocenters. The lowest BCUT2D eigenvalue weighted by atomic mass is 10.00. The number of halogens is 2. The number of benzene rings is 1. The average Bonchev–Trinajstić information content (AvgIpc) is 2.18. The van der Waals surface area contributed by atoms with Crippen LogP contribution in [0, 0.1) is 11.3 Å². The van der Waals surface area contributed by atoms with E-state index < -0.39 is 5.97 Å². The third-order valence-corrected chi connectivity index (χ3v) is 2.89. The Labute approximate surface area is 100 Å². The minimum atomic E-state index is -0.976. The van der Waals surface area contributed by atoms with E-state index >= 15 is 0 Å². The van der Waals surface area contributed by atoms with Gasteiger partial charge in [-0.25, -0.2) is 0 Å². The largest absolute Gasteiger partial charge is 0.481 e. The van der Waals surface area contributed by atoms with Gasteiger partial charge < -0.3 is 5.11 Å². The molecule has 0 heterocycles. The van der Waals surface area contributed by atoms with E-state index in [-0.39, 0.29) is 12.3 Å². The van der Waals surface area contributed by atoms with Crippen molar-refractivity contribution in [1.82, 2.24) is 0 Å². The van der Waals surface area contributed by atoms with Crippen molar-refractivity contribution in [2.75, 3.05) is 0 Å². The fourth-order valence-electron chi connectivity index (χ4n) is 1.26. The Bertz CT molecular complexity index is 440. The monoisotopic (exact) mass is 287 g/mol. The predicted octanol–water partition coefficient (Wildman–Crippen LogP) is 2.69. The summed E-state index contributed by atoms with van der Waals surface area (Å²) >= 11 is 8.88. The van der Waals surface area contributed by atoms with E-state index in [1.807, 2.05) is 6.07 Å². The zero-order chi connectivity index (χ0) is 11.4. The minimum absolute atomic E-state index is 0.190. The van der Waals surface area contributed by atoms with Gasteiger partial charge in [-0.05, 0) is 33.1 Å². The molecule has 0 spiro atoms. The van der Waals surface area contributed by atoms with Crippen molar-refractivity contribution < 1.29 is 9.90 Å². The van der Waals surface area contributed by atoms with Crippen molar-refractivity contribution in [3.05, 3.63) is 33.3 Å². The van der Waals surface area contributed by atoms with Crippen LogP contribution in [0.15, 0.2) is 16.6 Å². The first-order chi connectivity index (χ1) is 7.10. The number of hydrogen-bond acceptors (Lipinski definition) is 2. The molecule has 3 nitrogen and oxygen atoms in total. The van der Waals surface area contributed by atoms with Crippen LogP contribution in [0.3, 0.4) is 0 Å². The van der Waals surface area contributed by atoms with Gasteiger partial charge in [0.15, 0.2) is 0 Å². The Morgan fingerprint density at radius 1 is 1.60 bits per heavy atom. The molecule has 78 valence electrons. The molecule has 0 aromatic heterocycles. The molecule has 0 bridgehead atoms. The maximum Gasteiger partial charge on any atom is 0.307 e. The van der Waals surface area contributed by atoms with E-state index in [1.54, 1.807) is 12.1 Å². The molecule has 0 radical (unpaired) electrons. The van der Waals surface area contributed by atoms with Gasteiger partial charge >= 0.3 is 5.97 Å². The van der Waals surface area contributed by atoms with Gasteiger partial charge in [0, 0.05) is 10.4 Å². The lowest BCUT2D eigenvalue weighted by Gasteiger charge is -2.08. The highest BCUT2D eigenvalue weighted by Gasteiger charge is 2.14. The van der Waals surface area contributed by atoms with E-state index in [0.717, 1.165) is 0 Å². The van der Waals surface area contributed by atoms with Crippen LogP contribution in [0.2, 0.25) is 0 Å². The smallest absolute Gasteiger partial charge is 0.307 e. The molecule has 15 heavy (non-hydrogen) atoms. The van der Waals surface area contributed by atoms with Crippen molar-refractivity contribution in [2.45, 2.75) is 12.3 Å². The normalized spacial score (nSPS) is 9.67. The van der Waals surface area contributed by atoms with Gasteiger partial charge in [0.1, 0.15) is 6.07 Å². The van der Waals surface area contributed by atoms with Crippen molar-refractivity contribution in [1.29, 1.82) is 5.26 Å². The van der Waals surface area contributed by atoms with Crippen LogP contribution < -0.4 is 0 Å². The lowest BCUT2D eigenvalue weighted by Crippen LogP contribution is -2.06. The first kappa shape index (κ1) is 12.0. The highest BCUT2D eigenvalue weighted by atomic mass is 79.9. The Balaban J connectivity index is 3.35. The van der Waals surface area contributed by atoms with Gasteiger partial charge in [-0.1, -0.05) is 6.07 Å².